The Hall–Kier alpha value is -1.69. The Balaban J connectivity index is 1.71. The molecule has 0 spiro atoms. The van der Waals surface area contributed by atoms with Crippen LogP contribution in [0.2, 0.25) is 0 Å². The molecular weight excluding hydrogens is 250 g/mol. The highest BCUT2D eigenvalue weighted by Gasteiger charge is 2.00. The Kier molecular flexibility index (Phi) is 4.46. The van der Waals surface area contributed by atoms with Crippen molar-refractivity contribution < 1.29 is 9.47 Å². The third-order valence-electron chi connectivity index (χ3n) is 2.22. The van der Waals surface area contributed by atoms with Crippen molar-refractivity contribution in [3.8, 4) is 11.5 Å². The van der Waals surface area contributed by atoms with Gasteiger partial charge in [-0.25, -0.2) is 4.98 Å². The zero-order valence-electron chi connectivity index (χ0n) is 10.3. The van der Waals surface area contributed by atoms with Crippen LogP contribution in [0, 0.1) is 6.92 Å². The van der Waals surface area contributed by atoms with Crippen LogP contribution >= 0.6 is 11.8 Å². The zero-order valence-corrected chi connectivity index (χ0v) is 11.2. The van der Waals surface area contributed by atoms with Crippen molar-refractivity contribution in [3.05, 3.63) is 30.1 Å². The first-order chi connectivity index (χ1) is 8.78. The Morgan fingerprint density at radius 1 is 1.22 bits per heavy atom. The number of aromatic amines is 1. The highest BCUT2D eigenvalue weighted by atomic mass is 32.2. The summed E-state index contributed by atoms with van der Waals surface area (Å²) < 4.78 is 10.7. The van der Waals surface area contributed by atoms with E-state index in [1.807, 2.05) is 31.2 Å². The van der Waals surface area contributed by atoms with E-state index in [-0.39, 0.29) is 0 Å². The molecule has 1 aromatic heterocycles. The van der Waals surface area contributed by atoms with Gasteiger partial charge in [-0.3, -0.25) is 5.10 Å². The molecule has 1 aromatic carbocycles. The molecule has 2 rings (SSSR count). The fourth-order valence-corrected chi connectivity index (χ4v) is 2.01. The van der Waals surface area contributed by atoms with Crippen molar-refractivity contribution >= 4 is 11.8 Å². The summed E-state index contributed by atoms with van der Waals surface area (Å²) in [6.07, 6.45) is 0. The van der Waals surface area contributed by atoms with Crippen molar-refractivity contribution in [1.82, 2.24) is 15.2 Å². The number of hydrogen-bond acceptors (Lipinski definition) is 5. The molecule has 96 valence electrons. The second kappa shape index (κ2) is 6.30. The molecule has 0 saturated carbocycles. The topological polar surface area (TPSA) is 60.0 Å². The molecule has 0 aliphatic rings. The second-order valence-corrected chi connectivity index (χ2v) is 4.64. The molecule has 0 bridgehead atoms. The van der Waals surface area contributed by atoms with Gasteiger partial charge in [0.05, 0.1) is 13.7 Å². The smallest absolute Gasteiger partial charge is 0.208 e. The lowest BCUT2D eigenvalue weighted by molar-refractivity contribution is 0.342. The summed E-state index contributed by atoms with van der Waals surface area (Å²) in [4.78, 5) is 4.20. The Bertz CT molecular complexity index is 484. The summed E-state index contributed by atoms with van der Waals surface area (Å²) in [5.74, 6) is 3.30. The van der Waals surface area contributed by atoms with Gasteiger partial charge in [0.15, 0.2) is 0 Å². The number of benzene rings is 1. The van der Waals surface area contributed by atoms with Gasteiger partial charge in [0.1, 0.15) is 17.3 Å². The molecule has 0 amide bonds. The lowest BCUT2D eigenvalue weighted by atomic mass is 10.3. The van der Waals surface area contributed by atoms with Crippen LogP contribution in [0.3, 0.4) is 0 Å². The lowest BCUT2D eigenvalue weighted by Crippen LogP contribution is -2.00. The number of nitrogens with one attached hydrogen (secondary N) is 1. The quantitative estimate of drug-likeness (QED) is 0.641. The third kappa shape index (κ3) is 3.66. The number of ether oxygens (including phenoxy) is 2. The number of rotatable bonds is 6. The van der Waals surface area contributed by atoms with Gasteiger partial charge in [-0.1, -0.05) is 11.8 Å². The van der Waals surface area contributed by atoms with Crippen LogP contribution < -0.4 is 9.47 Å². The Labute approximate surface area is 110 Å². The van der Waals surface area contributed by atoms with E-state index in [1.165, 1.54) is 0 Å². The number of thioether (sulfide) groups is 1. The maximum absolute atomic E-state index is 5.59. The maximum Gasteiger partial charge on any atom is 0.208 e. The van der Waals surface area contributed by atoms with Crippen LogP contribution in [0.25, 0.3) is 0 Å². The molecule has 0 aliphatic carbocycles. The molecule has 1 heterocycles. The normalized spacial score (nSPS) is 10.3. The predicted molar refractivity (Wildman–Crippen MR) is 70.3 cm³/mol. The fraction of sp³-hybridized carbons (Fsp3) is 0.333. The largest absolute Gasteiger partial charge is 0.497 e. The summed E-state index contributed by atoms with van der Waals surface area (Å²) in [5, 5.41) is 7.60. The lowest BCUT2D eigenvalue weighted by Gasteiger charge is -2.05. The van der Waals surface area contributed by atoms with Gasteiger partial charge in [-0.2, -0.15) is 0 Å². The SMILES string of the molecule is COc1ccc(OCCSc2n[nH]c(C)n2)cc1. The number of hydrogen-bond donors (Lipinski definition) is 1. The third-order valence-corrected chi connectivity index (χ3v) is 3.03. The molecule has 0 atom stereocenters. The van der Waals surface area contributed by atoms with E-state index in [0.29, 0.717) is 6.61 Å². The van der Waals surface area contributed by atoms with E-state index in [2.05, 4.69) is 15.2 Å². The average molecular weight is 265 g/mol. The van der Waals surface area contributed by atoms with Gasteiger partial charge in [-0.15, -0.1) is 5.10 Å². The number of aryl methyl sites for hydroxylation is 1. The molecule has 5 nitrogen and oxygen atoms in total. The van der Waals surface area contributed by atoms with E-state index in [4.69, 9.17) is 9.47 Å². The molecule has 18 heavy (non-hydrogen) atoms. The van der Waals surface area contributed by atoms with Gasteiger partial charge in [0.2, 0.25) is 5.16 Å². The number of aromatic nitrogens is 3. The minimum atomic E-state index is 0.616. The first-order valence-corrected chi connectivity index (χ1v) is 6.55. The first-order valence-electron chi connectivity index (χ1n) is 5.56. The van der Waals surface area contributed by atoms with Crippen LogP contribution in [0.15, 0.2) is 29.4 Å². The summed E-state index contributed by atoms with van der Waals surface area (Å²) in [7, 11) is 1.64. The predicted octanol–water partition coefficient (Wildman–Crippen LogP) is 2.29. The fourth-order valence-electron chi connectivity index (χ4n) is 1.35. The van der Waals surface area contributed by atoms with Crippen LogP contribution in [0.1, 0.15) is 5.82 Å². The maximum atomic E-state index is 5.59. The monoisotopic (exact) mass is 265 g/mol. The van der Waals surface area contributed by atoms with E-state index in [9.17, 15) is 0 Å². The molecule has 0 saturated heterocycles. The van der Waals surface area contributed by atoms with Crippen LogP contribution in [-0.4, -0.2) is 34.7 Å². The molecule has 1 N–H and O–H groups in total. The number of H-pyrrole nitrogens is 1. The average Bonchev–Trinajstić information content (AvgIpc) is 2.81. The standard InChI is InChI=1S/C12H15N3O2S/c1-9-13-12(15-14-9)18-8-7-17-11-5-3-10(16-2)4-6-11/h3-6H,7-8H2,1-2H3,(H,13,14,15). The van der Waals surface area contributed by atoms with Crippen molar-refractivity contribution in [2.24, 2.45) is 0 Å². The zero-order chi connectivity index (χ0) is 12.8. The summed E-state index contributed by atoms with van der Waals surface area (Å²) >= 11 is 1.56. The molecule has 0 unspecified atom stereocenters. The van der Waals surface area contributed by atoms with Crippen molar-refractivity contribution in [2.75, 3.05) is 19.5 Å². The minimum Gasteiger partial charge on any atom is -0.497 e. The van der Waals surface area contributed by atoms with Gasteiger partial charge >= 0.3 is 0 Å². The van der Waals surface area contributed by atoms with Crippen LogP contribution in [-0.2, 0) is 0 Å². The minimum absolute atomic E-state index is 0.616. The Morgan fingerprint density at radius 3 is 2.56 bits per heavy atom. The van der Waals surface area contributed by atoms with Gasteiger partial charge in [0.25, 0.3) is 0 Å². The van der Waals surface area contributed by atoms with Crippen molar-refractivity contribution in [1.29, 1.82) is 0 Å². The first kappa shape index (κ1) is 12.8. The van der Waals surface area contributed by atoms with Gasteiger partial charge in [-0.05, 0) is 31.2 Å². The second-order valence-electron chi connectivity index (χ2n) is 3.58. The summed E-state index contributed by atoms with van der Waals surface area (Å²) in [6, 6.07) is 7.53. The molecule has 6 heteroatoms. The highest BCUT2D eigenvalue weighted by Crippen LogP contribution is 2.18. The van der Waals surface area contributed by atoms with Crippen LogP contribution in [0.5, 0.6) is 11.5 Å². The van der Waals surface area contributed by atoms with E-state index < -0.39 is 0 Å². The summed E-state index contributed by atoms with van der Waals surface area (Å²) in [5.41, 5.74) is 0. The van der Waals surface area contributed by atoms with Crippen molar-refractivity contribution in [3.63, 3.8) is 0 Å². The molecule has 2 aromatic rings. The Morgan fingerprint density at radius 2 is 1.94 bits per heavy atom. The van der Waals surface area contributed by atoms with E-state index in [1.54, 1.807) is 18.9 Å². The number of methoxy groups -OCH3 is 1. The summed E-state index contributed by atoms with van der Waals surface area (Å²) in [6.45, 7) is 2.50. The molecular formula is C12H15N3O2S. The van der Waals surface area contributed by atoms with Crippen LogP contribution in [0.4, 0.5) is 0 Å². The molecule has 0 fully saturated rings. The van der Waals surface area contributed by atoms with E-state index >= 15 is 0 Å². The molecule has 0 aliphatic heterocycles. The van der Waals surface area contributed by atoms with Crippen molar-refractivity contribution in [2.45, 2.75) is 12.1 Å². The van der Waals surface area contributed by atoms with Gasteiger partial charge < -0.3 is 9.47 Å². The molecule has 0 radical (unpaired) electrons. The number of nitrogens with zero attached hydrogens (tertiary/aromatic N) is 2. The van der Waals surface area contributed by atoms with E-state index in [0.717, 1.165) is 28.2 Å². The van der Waals surface area contributed by atoms with Gasteiger partial charge in [0, 0.05) is 5.75 Å². The highest BCUT2D eigenvalue weighted by molar-refractivity contribution is 7.99.